The van der Waals surface area contributed by atoms with E-state index >= 15 is 0 Å². The van der Waals surface area contributed by atoms with Crippen molar-refractivity contribution in [1.82, 2.24) is 9.97 Å². The zero-order chi connectivity index (χ0) is 12.8. The van der Waals surface area contributed by atoms with Gasteiger partial charge in [-0.05, 0) is 18.1 Å². The van der Waals surface area contributed by atoms with Crippen LogP contribution in [0.5, 0.6) is 0 Å². The third kappa shape index (κ3) is 3.31. The SMILES string of the molecule is CCC(Sc1ncccn1)C(N)c1ccccc1. The van der Waals surface area contributed by atoms with Gasteiger partial charge in [0.15, 0.2) is 5.16 Å². The summed E-state index contributed by atoms with van der Waals surface area (Å²) in [6.07, 6.45) is 4.51. The zero-order valence-electron chi connectivity index (χ0n) is 10.4. The summed E-state index contributed by atoms with van der Waals surface area (Å²) in [6, 6.07) is 12.0. The summed E-state index contributed by atoms with van der Waals surface area (Å²) in [4.78, 5) is 8.48. The molecule has 1 heterocycles. The number of hydrogen-bond donors (Lipinski definition) is 1. The molecule has 1 aromatic heterocycles. The molecule has 0 spiro atoms. The van der Waals surface area contributed by atoms with Crippen molar-refractivity contribution in [3.63, 3.8) is 0 Å². The maximum absolute atomic E-state index is 6.32. The average Bonchev–Trinajstić information content (AvgIpc) is 2.46. The summed E-state index contributed by atoms with van der Waals surface area (Å²) < 4.78 is 0. The maximum Gasteiger partial charge on any atom is 0.187 e. The lowest BCUT2D eigenvalue weighted by molar-refractivity contribution is 0.654. The molecule has 0 saturated heterocycles. The number of thioether (sulfide) groups is 1. The Morgan fingerprint density at radius 3 is 2.39 bits per heavy atom. The van der Waals surface area contributed by atoms with Gasteiger partial charge in [-0.2, -0.15) is 0 Å². The van der Waals surface area contributed by atoms with Crippen LogP contribution in [-0.4, -0.2) is 15.2 Å². The quantitative estimate of drug-likeness (QED) is 0.662. The lowest BCUT2D eigenvalue weighted by Gasteiger charge is -2.21. The topological polar surface area (TPSA) is 51.8 Å². The van der Waals surface area contributed by atoms with E-state index in [0.717, 1.165) is 17.1 Å². The molecule has 0 fully saturated rings. The Bertz CT molecular complexity index is 461. The molecule has 18 heavy (non-hydrogen) atoms. The Labute approximate surface area is 112 Å². The standard InChI is InChI=1S/C14H17N3S/c1-2-12(18-14-16-9-6-10-17-14)13(15)11-7-4-3-5-8-11/h3-10,12-13H,2,15H2,1H3. The van der Waals surface area contributed by atoms with Crippen molar-refractivity contribution in [2.75, 3.05) is 0 Å². The number of hydrogen-bond acceptors (Lipinski definition) is 4. The van der Waals surface area contributed by atoms with Crippen molar-refractivity contribution in [3.8, 4) is 0 Å². The van der Waals surface area contributed by atoms with Gasteiger partial charge in [-0.15, -0.1) is 0 Å². The highest BCUT2D eigenvalue weighted by atomic mass is 32.2. The third-order valence-corrected chi connectivity index (χ3v) is 4.14. The van der Waals surface area contributed by atoms with Gasteiger partial charge in [0, 0.05) is 23.7 Å². The van der Waals surface area contributed by atoms with Crippen LogP contribution in [0.25, 0.3) is 0 Å². The van der Waals surface area contributed by atoms with E-state index in [1.165, 1.54) is 0 Å². The molecule has 0 amide bonds. The molecule has 0 bridgehead atoms. The number of benzene rings is 1. The summed E-state index contributed by atoms with van der Waals surface area (Å²) in [7, 11) is 0. The first-order chi connectivity index (χ1) is 8.81. The minimum Gasteiger partial charge on any atom is -0.323 e. The first kappa shape index (κ1) is 13.1. The molecule has 4 heteroatoms. The molecule has 2 atom stereocenters. The van der Waals surface area contributed by atoms with Gasteiger partial charge in [-0.3, -0.25) is 0 Å². The highest BCUT2D eigenvalue weighted by molar-refractivity contribution is 7.99. The van der Waals surface area contributed by atoms with Gasteiger partial charge in [-0.1, -0.05) is 49.0 Å². The van der Waals surface area contributed by atoms with Crippen LogP contribution in [0.3, 0.4) is 0 Å². The van der Waals surface area contributed by atoms with E-state index in [4.69, 9.17) is 5.73 Å². The molecule has 94 valence electrons. The van der Waals surface area contributed by atoms with Crippen molar-refractivity contribution in [1.29, 1.82) is 0 Å². The average molecular weight is 259 g/mol. The van der Waals surface area contributed by atoms with Gasteiger partial charge in [0.1, 0.15) is 0 Å². The van der Waals surface area contributed by atoms with Crippen LogP contribution < -0.4 is 5.73 Å². The Kier molecular flexibility index (Phi) is 4.73. The Hall–Kier alpha value is -1.39. The van der Waals surface area contributed by atoms with Crippen molar-refractivity contribution in [2.45, 2.75) is 29.8 Å². The molecule has 2 N–H and O–H groups in total. The maximum atomic E-state index is 6.32. The fraction of sp³-hybridized carbons (Fsp3) is 0.286. The van der Waals surface area contributed by atoms with Crippen molar-refractivity contribution in [3.05, 3.63) is 54.4 Å². The van der Waals surface area contributed by atoms with Gasteiger partial charge in [-0.25, -0.2) is 9.97 Å². The highest BCUT2D eigenvalue weighted by Gasteiger charge is 2.19. The molecule has 0 radical (unpaired) electrons. The van der Waals surface area contributed by atoms with Gasteiger partial charge in [0.2, 0.25) is 0 Å². The summed E-state index contributed by atoms with van der Waals surface area (Å²) in [5.74, 6) is 0. The summed E-state index contributed by atoms with van der Waals surface area (Å²) in [6.45, 7) is 2.14. The van der Waals surface area contributed by atoms with Crippen LogP contribution in [0.15, 0.2) is 53.9 Å². The number of rotatable bonds is 5. The van der Waals surface area contributed by atoms with Crippen LogP contribution in [0.4, 0.5) is 0 Å². The molecular weight excluding hydrogens is 242 g/mol. The largest absolute Gasteiger partial charge is 0.323 e. The lowest BCUT2D eigenvalue weighted by atomic mass is 10.0. The number of aromatic nitrogens is 2. The van der Waals surface area contributed by atoms with Crippen LogP contribution >= 0.6 is 11.8 Å². The number of nitrogens with zero attached hydrogens (tertiary/aromatic N) is 2. The molecule has 0 aliphatic heterocycles. The number of nitrogens with two attached hydrogens (primary N) is 1. The summed E-state index contributed by atoms with van der Waals surface area (Å²) in [5.41, 5.74) is 7.48. The molecule has 0 aliphatic carbocycles. The van der Waals surface area contributed by atoms with Crippen molar-refractivity contribution in [2.24, 2.45) is 5.73 Å². The van der Waals surface area contributed by atoms with E-state index in [-0.39, 0.29) is 11.3 Å². The minimum atomic E-state index is 0.00464. The van der Waals surface area contributed by atoms with Crippen molar-refractivity contribution < 1.29 is 0 Å². The molecule has 0 saturated carbocycles. The molecule has 2 unspecified atom stereocenters. The fourth-order valence-electron chi connectivity index (χ4n) is 1.78. The van der Waals surface area contributed by atoms with Gasteiger partial charge in [0.25, 0.3) is 0 Å². The van der Waals surface area contributed by atoms with Crippen LogP contribution in [-0.2, 0) is 0 Å². The second-order valence-electron chi connectivity index (χ2n) is 4.03. The summed E-state index contributed by atoms with van der Waals surface area (Å²) >= 11 is 1.64. The molecule has 0 aliphatic rings. The van der Waals surface area contributed by atoms with E-state index in [1.54, 1.807) is 24.2 Å². The van der Waals surface area contributed by atoms with E-state index in [9.17, 15) is 0 Å². The minimum absolute atomic E-state index is 0.00464. The van der Waals surface area contributed by atoms with Crippen LogP contribution in [0, 0.1) is 0 Å². The first-order valence-electron chi connectivity index (χ1n) is 6.05. The molecule has 3 nitrogen and oxygen atoms in total. The Morgan fingerprint density at radius 1 is 1.11 bits per heavy atom. The van der Waals surface area contributed by atoms with Crippen molar-refractivity contribution >= 4 is 11.8 Å². The predicted octanol–water partition coefficient (Wildman–Crippen LogP) is 3.05. The molecular formula is C14H17N3S. The van der Waals surface area contributed by atoms with Crippen LogP contribution in [0.2, 0.25) is 0 Å². The molecule has 2 rings (SSSR count). The third-order valence-electron chi connectivity index (χ3n) is 2.79. The lowest BCUT2D eigenvalue weighted by Crippen LogP contribution is -2.23. The fourth-order valence-corrected chi connectivity index (χ4v) is 2.77. The Balaban J connectivity index is 2.09. The van der Waals surface area contributed by atoms with E-state index in [0.29, 0.717) is 0 Å². The molecule has 2 aromatic rings. The normalized spacial score (nSPS) is 14.1. The molecule has 1 aromatic carbocycles. The monoisotopic (exact) mass is 259 g/mol. The van der Waals surface area contributed by atoms with E-state index < -0.39 is 0 Å². The first-order valence-corrected chi connectivity index (χ1v) is 6.93. The van der Waals surface area contributed by atoms with Crippen LogP contribution in [0.1, 0.15) is 24.9 Å². The van der Waals surface area contributed by atoms with Gasteiger partial charge < -0.3 is 5.73 Å². The second kappa shape index (κ2) is 6.52. The highest BCUT2D eigenvalue weighted by Crippen LogP contribution is 2.30. The van der Waals surface area contributed by atoms with E-state index in [2.05, 4.69) is 29.0 Å². The predicted molar refractivity (Wildman–Crippen MR) is 75.3 cm³/mol. The Morgan fingerprint density at radius 2 is 1.78 bits per heavy atom. The zero-order valence-corrected chi connectivity index (χ0v) is 11.2. The van der Waals surface area contributed by atoms with Gasteiger partial charge in [0.05, 0.1) is 0 Å². The summed E-state index contributed by atoms with van der Waals surface area (Å²) in [5, 5.41) is 1.07. The van der Waals surface area contributed by atoms with Gasteiger partial charge >= 0.3 is 0 Å². The smallest absolute Gasteiger partial charge is 0.187 e. The second-order valence-corrected chi connectivity index (χ2v) is 5.24. The van der Waals surface area contributed by atoms with E-state index in [1.807, 2.05) is 24.3 Å².